The highest BCUT2D eigenvalue weighted by molar-refractivity contribution is 5.74. The Kier molecular flexibility index (Phi) is 4.41. The summed E-state index contributed by atoms with van der Waals surface area (Å²) in [6.07, 6.45) is 9.59. The molecular weight excluding hydrogens is 266 g/mol. The second-order valence-electron chi connectivity index (χ2n) is 6.38. The van der Waals surface area contributed by atoms with Crippen LogP contribution in [0.5, 0.6) is 0 Å². The Morgan fingerprint density at radius 1 is 1.29 bits per heavy atom. The SMILES string of the molecule is Cn1ncc(CNC(=O)N2CCCC(C3CCCC3)C2)n1. The number of piperidine rings is 1. The van der Waals surface area contributed by atoms with Gasteiger partial charge in [-0.2, -0.15) is 15.0 Å². The third-order valence-corrected chi connectivity index (χ3v) is 4.88. The lowest BCUT2D eigenvalue weighted by molar-refractivity contribution is 0.141. The van der Waals surface area contributed by atoms with Crippen LogP contribution in [0.2, 0.25) is 0 Å². The standard InChI is InChI=1S/C15H25N5O/c1-19-17-10-14(18-19)9-16-15(21)20-8-4-7-13(11-20)12-5-2-3-6-12/h10,12-13H,2-9,11H2,1H3,(H,16,21). The van der Waals surface area contributed by atoms with E-state index < -0.39 is 0 Å². The summed E-state index contributed by atoms with van der Waals surface area (Å²) >= 11 is 0. The molecule has 2 amide bonds. The van der Waals surface area contributed by atoms with Crippen molar-refractivity contribution >= 4 is 6.03 Å². The molecule has 21 heavy (non-hydrogen) atoms. The van der Waals surface area contributed by atoms with E-state index in [9.17, 15) is 4.79 Å². The van der Waals surface area contributed by atoms with Gasteiger partial charge in [0.2, 0.25) is 0 Å². The molecule has 1 unspecified atom stereocenters. The topological polar surface area (TPSA) is 63.1 Å². The number of hydrogen-bond acceptors (Lipinski definition) is 3. The number of nitrogens with one attached hydrogen (secondary N) is 1. The molecule has 1 saturated heterocycles. The van der Waals surface area contributed by atoms with Gasteiger partial charge in [-0.1, -0.05) is 25.7 Å². The van der Waals surface area contributed by atoms with Gasteiger partial charge in [-0.25, -0.2) is 4.79 Å². The van der Waals surface area contributed by atoms with Gasteiger partial charge in [-0.3, -0.25) is 0 Å². The average molecular weight is 291 g/mol. The number of nitrogens with zero attached hydrogens (tertiary/aromatic N) is 4. The highest BCUT2D eigenvalue weighted by Crippen LogP contribution is 2.35. The van der Waals surface area contributed by atoms with E-state index >= 15 is 0 Å². The number of amides is 2. The molecule has 1 aromatic heterocycles. The van der Waals surface area contributed by atoms with Crippen LogP contribution in [0.15, 0.2) is 6.20 Å². The maximum absolute atomic E-state index is 12.3. The Balaban J connectivity index is 1.49. The van der Waals surface area contributed by atoms with Crippen LogP contribution < -0.4 is 5.32 Å². The van der Waals surface area contributed by atoms with E-state index in [2.05, 4.69) is 15.5 Å². The first-order chi connectivity index (χ1) is 10.2. The van der Waals surface area contributed by atoms with Gasteiger partial charge in [0.1, 0.15) is 5.69 Å². The molecule has 1 N–H and O–H groups in total. The maximum atomic E-state index is 12.3. The Morgan fingerprint density at radius 3 is 2.76 bits per heavy atom. The van der Waals surface area contributed by atoms with Crippen molar-refractivity contribution in [2.24, 2.45) is 18.9 Å². The second-order valence-corrected chi connectivity index (χ2v) is 6.38. The molecule has 1 atom stereocenters. The van der Waals surface area contributed by atoms with E-state index in [1.807, 2.05) is 4.90 Å². The average Bonchev–Trinajstić information content (AvgIpc) is 3.16. The number of rotatable bonds is 3. The summed E-state index contributed by atoms with van der Waals surface area (Å²) in [6, 6.07) is 0.0448. The van der Waals surface area contributed by atoms with Gasteiger partial charge in [0.05, 0.1) is 12.7 Å². The van der Waals surface area contributed by atoms with E-state index in [0.29, 0.717) is 12.5 Å². The number of aromatic nitrogens is 3. The summed E-state index contributed by atoms with van der Waals surface area (Å²) in [5, 5.41) is 11.2. The van der Waals surface area contributed by atoms with Crippen LogP contribution in [0.1, 0.15) is 44.2 Å². The Morgan fingerprint density at radius 2 is 2.05 bits per heavy atom. The zero-order chi connectivity index (χ0) is 14.7. The Labute approximate surface area is 125 Å². The molecule has 1 aromatic rings. The minimum atomic E-state index is 0.0448. The van der Waals surface area contributed by atoms with Crippen LogP contribution in [0.3, 0.4) is 0 Å². The van der Waals surface area contributed by atoms with Crippen molar-refractivity contribution in [3.8, 4) is 0 Å². The lowest BCUT2D eigenvalue weighted by atomic mass is 9.84. The molecular formula is C15H25N5O. The molecule has 2 fully saturated rings. The molecule has 0 spiro atoms. The molecule has 1 saturated carbocycles. The zero-order valence-electron chi connectivity index (χ0n) is 12.8. The summed E-state index contributed by atoms with van der Waals surface area (Å²) in [5.74, 6) is 1.56. The van der Waals surface area contributed by atoms with Gasteiger partial charge < -0.3 is 10.2 Å². The number of carbonyl (C=O) groups is 1. The highest BCUT2D eigenvalue weighted by atomic mass is 16.2. The molecule has 3 rings (SSSR count). The van der Waals surface area contributed by atoms with Gasteiger partial charge in [0.15, 0.2) is 0 Å². The van der Waals surface area contributed by atoms with Gasteiger partial charge >= 0.3 is 6.03 Å². The first-order valence-electron chi connectivity index (χ1n) is 8.10. The molecule has 2 heterocycles. The summed E-state index contributed by atoms with van der Waals surface area (Å²) in [5.41, 5.74) is 0.801. The second kappa shape index (κ2) is 6.45. The van der Waals surface area contributed by atoms with Crippen molar-refractivity contribution in [1.29, 1.82) is 0 Å². The van der Waals surface area contributed by atoms with Crippen LogP contribution in [0, 0.1) is 11.8 Å². The van der Waals surface area contributed by atoms with E-state index in [1.165, 1.54) is 36.9 Å². The van der Waals surface area contributed by atoms with E-state index in [4.69, 9.17) is 0 Å². The van der Waals surface area contributed by atoms with Gasteiger partial charge in [-0.15, -0.1) is 0 Å². The summed E-state index contributed by atoms with van der Waals surface area (Å²) in [6.45, 7) is 2.27. The molecule has 0 aromatic carbocycles. The van der Waals surface area contributed by atoms with Gasteiger partial charge in [-0.05, 0) is 24.7 Å². The van der Waals surface area contributed by atoms with Gasteiger partial charge in [0.25, 0.3) is 0 Å². The molecule has 0 bridgehead atoms. The quantitative estimate of drug-likeness (QED) is 0.925. The molecule has 6 heteroatoms. The largest absolute Gasteiger partial charge is 0.332 e. The Hall–Kier alpha value is -1.59. The van der Waals surface area contributed by atoms with E-state index in [-0.39, 0.29) is 6.03 Å². The van der Waals surface area contributed by atoms with Gasteiger partial charge in [0, 0.05) is 20.1 Å². The highest BCUT2D eigenvalue weighted by Gasteiger charge is 2.30. The number of urea groups is 1. The fraction of sp³-hybridized carbons (Fsp3) is 0.800. The van der Waals surface area contributed by atoms with Crippen molar-refractivity contribution in [2.45, 2.75) is 45.1 Å². The fourth-order valence-corrected chi connectivity index (χ4v) is 3.75. The number of hydrogen-bond donors (Lipinski definition) is 1. The summed E-state index contributed by atoms with van der Waals surface area (Å²) in [7, 11) is 1.78. The van der Waals surface area contributed by atoms with E-state index in [0.717, 1.165) is 31.1 Å². The first kappa shape index (κ1) is 14.4. The van der Waals surface area contributed by atoms with Crippen molar-refractivity contribution in [3.63, 3.8) is 0 Å². The number of aryl methyl sites for hydroxylation is 1. The first-order valence-corrected chi connectivity index (χ1v) is 8.10. The predicted molar refractivity (Wildman–Crippen MR) is 79.5 cm³/mol. The van der Waals surface area contributed by atoms with E-state index in [1.54, 1.807) is 13.2 Å². The van der Waals surface area contributed by atoms with Crippen molar-refractivity contribution in [3.05, 3.63) is 11.9 Å². The molecule has 2 aliphatic rings. The fourth-order valence-electron chi connectivity index (χ4n) is 3.75. The normalized spacial score (nSPS) is 23.5. The lowest BCUT2D eigenvalue weighted by Crippen LogP contribution is -2.46. The van der Waals surface area contributed by atoms with Crippen LogP contribution in [-0.2, 0) is 13.6 Å². The predicted octanol–water partition coefficient (Wildman–Crippen LogP) is 1.93. The van der Waals surface area contributed by atoms with Crippen LogP contribution in [-0.4, -0.2) is 39.0 Å². The summed E-state index contributed by atoms with van der Waals surface area (Å²) < 4.78 is 0. The smallest absolute Gasteiger partial charge is 0.317 e. The molecule has 0 radical (unpaired) electrons. The molecule has 6 nitrogen and oxygen atoms in total. The Bertz CT molecular complexity index is 480. The van der Waals surface area contributed by atoms with Crippen LogP contribution in [0.25, 0.3) is 0 Å². The molecule has 1 aliphatic carbocycles. The van der Waals surface area contributed by atoms with Crippen molar-refractivity contribution in [2.75, 3.05) is 13.1 Å². The molecule has 1 aliphatic heterocycles. The number of carbonyl (C=O) groups excluding carboxylic acids is 1. The van der Waals surface area contributed by atoms with Crippen LogP contribution >= 0.6 is 0 Å². The minimum Gasteiger partial charge on any atom is -0.332 e. The lowest BCUT2D eigenvalue weighted by Gasteiger charge is -2.35. The van der Waals surface area contributed by atoms with Crippen LogP contribution in [0.4, 0.5) is 4.79 Å². The summed E-state index contributed by atoms with van der Waals surface area (Å²) in [4.78, 5) is 15.8. The maximum Gasteiger partial charge on any atom is 0.317 e. The third kappa shape index (κ3) is 3.54. The third-order valence-electron chi connectivity index (χ3n) is 4.88. The van der Waals surface area contributed by atoms with Crippen molar-refractivity contribution in [1.82, 2.24) is 25.2 Å². The minimum absolute atomic E-state index is 0.0448. The molecule has 116 valence electrons. The zero-order valence-corrected chi connectivity index (χ0v) is 12.8. The number of likely N-dealkylation sites (tertiary alicyclic amines) is 1. The van der Waals surface area contributed by atoms with Crippen molar-refractivity contribution < 1.29 is 4.79 Å². The monoisotopic (exact) mass is 291 g/mol.